The molecule has 0 unspecified atom stereocenters. The fourth-order valence-electron chi connectivity index (χ4n) is 3.77. The quantitative estimate of drug-likeness (QED) is 0.773. The van der Waals surface area contributed by atoms with Crippen LogP contribution in [0.2, 0.25) is 0 Å². The van der Waals surface area contributed by atoms with Gasteiger partial charge in [0.05, 0.1) is 10.6 Å². The summed E-state index contributed by atoms with van der Waals surface area (Å²) in [5.41, 5.74) is 1.34. The minimum Gasteiger partial charge on any atom is -0.298 e. The molecule has 0 radical (unpaired) electrons. The molecule has 1 atom stereocenters. The van der Waals surface area contributed by atoms with Gasteiger partial charge in [-0.1, -0.05) is 25.1 Å². The lowest BCUT2D eigenvalue weighted by Crippen LogP contribution is -2.27. The topological polar surface area (TPSA) is 52.0 Å². The van der Waals surface area contributed by atoms with E-state index >= 15 is 0 Å². The molecule has 0 amide bonds. The largest absolute Gasteiger partial charge is 0.298 e. The number of thiophene rings is 1. The van der Waals surface area contributed by atoms with Crippen molar-refractivity contribution >= 4 is 39.1 Å². The van der Waals surface area contributed by atoms with Crippen LogP contribution in [-0.4, -0.2) is 20.6 Å². The van der Waals surface area contributed by atoms with Gasteiger partial charge in [-0.3, -0.25) is 14.2 Å². The maximum absolute atomic E-state index is 13.1. The summed E-state index contributed by atoms with van der Waals surface area (Å²) in [7, 11) is 0. The molecule has 0 aliphatic heterocycles. The van der Waals surface area contributed by atoms with Crippen molar-refractivity contribution in [3.8, 4) is 0 Å². The molecule has 4 nitrogen and oxygen atoms in total. The van der Waals surface area contributed by atoms with E-state index in [-0.39, 0.29) is 10.8 Å². The molecule has 2 aliphatic rings. The second kappa shape index (κ2) is 6.64. The predicted octanol–water partition coefficient (Wildman–Crippen LogP) is 3.96. The van der Waals surface area contributed by atoms with Crippen LogP contribution in [0.4, 0.5) is 0 Å². The average molecular weight is 363 g/mol. The molecule has 0 N–H and O–H groups in total. The van der Waals surface area contributed by atoms with Gasteiger partial charge in [-0.25, -0.2) is 4.98 Å². The molecule has 1 saturated carbocycles. The summed E-state index contributed by atoms with van der Waals surface area (Å²) in [5.74, 6) is 0.317. The van der Waals surface area contributed by atoms with Crippen molar-refractivity contribution in [2.75, 3.05) is 0 Å². The van der Waals surface area contributed by atoms with Crippen LogP contribution in [0.15, 0.2) is 9.95 Å². The third-order valence-corrected chi connectivity index (χ3v) is 7.47. The SMILES string of the molecule is CCCn1c(S[C@H]2CCCCC2=O)nc2sc3c(c2c1=O)CCC3. The van der Waals surface area contributed by atoms with Gasteiger partial charge in [-0.2, -0.15) is 0 Å². The van der Waals surface area contributed by atoms with Crippen LogP contribution in [-0.2, 0) is 24.2 Å². The van der Waals surface area contributed by atoms with Crippen molar-refractivity contribution < 1.29 is 4.79 Å². The first kappa shape index (κ1) is 16.3. The third kappa shape index (κ3) is 2.73. The Labute approximate surface area is 149 Å². The number of thioether (sulfide) groups is 1. The number of hydrogen-bond donors (Lipinski definition) is 0. The number of carbonyl (C=O) groups excluding carboxylic acids is 1. The van der Waals surface area contributed by atoms with Crippen LogP contribution in [0, 0.1) is 0 Å². The zero-order chi connectivity index (χ0) is 16.7. The van der Waals surface area contributed by atoms with Crippen LogP contribution >= 0.6 is 23.1 Å². The Bertz CT molecular complexity index is 853. The Morgan fingerprint density at radius 2 is 2.08 bits per heavy atom. The first-order valence-corrected chi connectivity index (χ1v) is 10.6. The van der Waals surface area contributed by atoms with E-state index < -0.39 is 0 Å². The van der Waals surface area contributed by atoms with Gasteiger partial charge in [0.1, 0.15) is 10.6 Å². The predicted molar refractivity (Wildman–Crippen MR) is 99.3 cm³/mol. The molecular formula is C18H22N2O2S2. The lowest BCUT2D eigenvalue weighted by Gasteiger charge is -2.21. The van der Waals surface area contributed by atoms with Crippen LogP contribution in [0.5, 0.6) is 0 Å². The van der Waals surface area contributed by atoms with Gasteiger partial charge in [0.15, 0.2) is 5.16 Å². The fourth-order valence-corrected chi connectivity index (χ4v) is 6.32. The zero-order valence-electron chi connectivity index (χ0n) is 14.0. The van der Waals surface area contributed by atoms with Crippen molar-refractivity contribution in [2.45, 2.75) is 75.2 Å². The second-order valence-electron chi connectivity index (χ2n) is 6.71. The Kier molecular flexibility index (Phi) is 4.52. The first-order chi connectivity index (χ1) is 11.7. The highest BCUT2D eigenvalue weighted by atomic mass is 32.2. The zero-order valence-corrected chi connectivity index (χ0v) is 15.6. The van der Waals surface area contributed by atoms with Gasteiger partial charge in [-0.15, -0.1) is 11.3 Å². The van der Waals surface area contributed by atoms with Crippen molar-refractivity contribution in [3.63, 3.8) is 0 Å². The van der Waals surface area contributed by atoms with E-state index in [4.69, 9.17) is 4.98 Å². The summed E-state index contributed by atoms with van der Waals surface area (Å²) in [4.78, 5) is 32.4. The van der Waals surface area contributed by atoms with E-state index in [0.29, 0.717) is 18.7 Å². The van der Waals surface area contributed by atoms with Crippen molar-refractivity contribution in [2.24, 2.45) is 0 Å². The Morgan fingerprint density at radius 3 is 2.88 bits per heavy atom. The molecule has 2 aromatic heterocycles. The van der Waals surface area contributed by atoms with Crippen LogP contribution < -0.4 is 5.56 Å². The van der Waals surface area contributed by atoms with Crippen LogP contribution in [0.3, 0.4) is 0 Å². The minimum absolute atomic E-state index is 0.0296. The van der Waals surface area contributed by atoms with Gasteiger partial charge in [0, 0.05) is 17.8 Å². The molecule has 0 saturated heterocycles. The summed E-state index contributed by atoms with van der Waals surface area (Å²) < 4.78 is 1.82. The van der Waals surface area contributed by atoms with E-state index in [1.54, 1.807) is 11.3 Å². The Hall–Kier alpha value is -1.14. The van der Waals surface area contributed by atoms with Gasteiger partial charge >= 0.3 is 0 Å². The normalized spacial score (nSPS) is 20.7. The molecule has 24 heavy (non-hydrogen) atoms. The molecule has 1 fully saturated rings. The molecule has 4 rings (SSSR count). The molecule has 2 aromatic rings. The third-order valence-electron chi connectivity index (χ3n) is 4.98. The standard InChI is InChI=1S/C18H22N2O2S2/c1-2-10-20-17(22)15-11-6-5-9-13(11)23-16(15)19-18(20)24-14-8-4-3-7-12(14)21/h14H,2-10H2,1H3/t14-/m0/s1. The van der Waals surface area contributed by atoms with Crippen molar-refractivity contribution in [1.82, 2.24) is 9.55 Å². The number of hydrogen-bond acceptors (Lipinski definition) is 5. The molecule has 2 heterocycles. The van der Waals surface area contributed by atoms with Crippen LogP contribution in [0.1, 0.15) is 55.9 Å². The number of aromatic nitrogens is 2. The van der Waals surface area contributed by atoms with E-state index in [0.717, 1.165) is 60.3 Å². The summed E-state index contributed by atoms with van der Waals surface area (Å²) in [6.45, 7) is 2.75. The van der Waals surface area contributed by atoms with Gasteiger partial charge < -0.3 is 0 Å². The number of aryl methyl sites for hydroxylation is 2. The van der Waals surface area contributed by atoms with E-state index in [1.807, 2.05) is 4.57 Å². The van der Waals surface area contributed by atoms with Crippen LogP contribution in [0.25, 0.3) is 10.2 Å². The molecule has 0 aromatic carbocycles. The van der Waals surface area contributed by atoms with E-state index in [9.17, 15) is 9.59 Å². The Morgan fingerprint density at radius 1 is 1.21 bits per heavy atom. The molecular weight excluding hydrogens is 340 g/mol. The number of Topliss-reactive ketones (excluding diaryl/α,β-unsaturated/α-hetero) is 1. The first-order valence-electron chi connectivity index (χ1n) is 8.93. The summed E-state index contributed by atoms with van der Waals surface area (Å²) in [6.07, 6.45) is 7.80. The maximum atomic E-state index is 13.1. The summed E-state index contributed by atoms with van der Waals surface area (Å²) >= 11 is 3.20. The number of carbonyl (C=O) groups is 1. The maximum Gasteiger partial charge on any atom is 0.263 e. The van der Waals surface area contributed by atoms with Crippen molar-refractivity contribution in [1.29, 1.82) is 0 Å². The lowest BCUT2D eigenvalue weighted by molar-refractivity contribution is -0.119. The molecule has 2 aliphatic carbocycles. The van der Waals surface area contributed by atoms with E-state index in [2.05, 4.69) is 6.92 Å². The molecule has 0 bridgehead atoms. The number of nitrogens with zero attached hydrogens (tertiary/aromatic N) is 2. The number of fused-ring (bicyclic) bond motifs is 3. The monoisotopic (exact) mass is 362 g/mol. The summed E-state index contributed by atoms with van der Waals surface area (Å²) in [5, 5.41) is 1.56. The lowest BCUT2D eigenvalue weighted by atomic mass is 9.99. The highest BCUT2D eigenvalue weighted by molar-refractivity contribution is 8.00. The Balaban J connectivity index is 1.80. The smallest absolute Gasteiger partial charge is 0.263 e. The molecule has 6 heteroatoms. The van der Waals surface area contributed by atoms with Crippen molar-refractivity contribution in [3.05, 3.63) is 20.8 Å². The summed E-state index contributed by atoms with van der Waals surface area (Å²) in [6, 6.07) is 0. The highest BCUT2D eigenvalue weighted by Gasteiger charge is 2.27. The second-order valence-corrected chi connectivity index (χ2v) is 8.96. The number of rotatable bonds is 4. The highest BCUT2D eigenvalue weighted by Crippen LogP contribution is 2.37. The van der Waals surface area contributed by atoms with E-state index in [1.165, 1.54) is 22.2 Å². The average Bonchev–Trinajstić information content (AvgIpc) is 3.13. The van der Waals surface area contributed by atoms with Gasteiger partial charge in [0.25, 0.3) is 5.56 Å². The molecule has 128 valence electrons. The van der Waals surface area contributed by atoms with Gasteiger partial charge in [0.2, 0.25) is 0 Å². The minimum atomic E-state index is -0.0296. The fraction of sp³-hybridized carbons (Fsp3) is 0.611. The number of ketones is 1. The van der Waals surface area contributed by atoms with Gasteiger partial charge in [-0.05, 0) is 44.1 Å². The molecule has 0 spiro atoms.